The maximum atomic E-state index is 5.78. The number of thiocarbonyl (C=S) groups is 1. The van der Waals surface area contributed by atoms with Crippen LogP contribution in [-0.2, 0) is 0 Å². The molecule has 0 spiro atoms. The van der Waals surface area contributed by atoms with E-state index in [9.17, 15) is 0 Å². The summed E-state index contributed by atoms with van der Waals surface area (Å²) in [5, 5.41) is 7.49. The van der Waals surface area contributed by atoms with E-state index in [-0.39, 0.29) is 6.04 Å². The van der Waals surface area contributed by atoms with E-state index >= 15 is 0 Å². The second-order valence-corrected chi connectivity index (χ2v) is 8.89. The van der Waals surface area contributed by atoms with Gasteiger partial charge in [0.05, 0.1) is 34.5 Å². The highest BCUT2D eigenvalue weighted by Crippen LogP contribution is 2.42. The van der Waals surface area contributed by atoms with Gasteiger partial charge in [-0.2, -0.15) is 0 Å². The Morgan fingerprint density at radius 2 is 1.63 bits per heavy atom. The summed E-state index contributed by atoms with van der Waals surface area (Å²) in [6, 6.07) is 11.7. The third-order valence-corrected chi connectivity index (χ3v) is 6.56. The number of ether oxygens (including phenoxy) is 4. The van der Waals surface area contributed by atoms with E-state index in [0.717, 1.165) is 48.5 Å². The number of benzene rings is 2. The number of rotatable bonds is 8. The highest BCUT2D eigenvalue weighted by molar-refractivity contribution is 7.80. The van der Waals surface area contributed by atoms with Crippen LogP contribution in [0, 0.1) is 0 Å². The van der Waals surface area contributed by atoms with Crippen LogP contribution in [0.4, 0.5) is 0 Å². The molecule has 0 aliphatic carbocycles. The molecule has 2 aromatic carbocycles. The van der Waals surface area contributed by atoms with Gasteiger partial charge in [-0.1, -0.05) is 31.2 Å². The first-order chi connectivity index (χ1) is 17.0. The number of nitrogens with zero attached hydrogens (tertiary/aromatic N) is 1. The van der Waals surface area contributed by atoms with Crippen molar-refractivity contribution in [3.63, 3.8) is 0 Å². The molecule has 2 aliphatic rings. The predicted molar refractivity (Wildman–Crippen MR) is 142 cm³/mol. The van der Waals surface area contributed by atoms with Gasteiger partial charge in [-0.25, -0.2) is 0 Å². The van der Waals surface area contributed by atoms with Crippen molar-refractivity contribution < 1.29 is 18.9 Å². The van der Waals surface area contributed by atoms with Crippen LogP contribution in [0.25, 0.3) is 6.08 Å². The van der Waals surface area contributed by atoms with Gasteiger partial charge in [-0.3, -0.25) is 4.90 Å². The molecule has 4 rings (SSSR count). The van der Waals surface area contributed by atoms with Crippen LogP contribution < -0.4 is 29.6 Å². The van der Waals surface area contributed by atoms with Gasteiger partial charge >= 0.3 is 0 Å². The van der Waals surface area contributed by atoms with E-state index in [0.29, 0.717) is 28.1 Å². The average Bonchev–Trinajstić information content (AvgIpc) is 2.88. The molecule has 0 amide bonds. The summed E-state index contributed by atoms with van der Waals surface area (Å²) < 4.78 is 22.6. The summed E-state index contributed by atoms with van der Waals surface area (Å²) in [4.78, 5) is 2.45. The van der Waals surface area contributed by atoms with Gasteiger partial charge in [0.25, 0.3) is 0 Å². The number of hydrogen-bond donors (Lipinski definition) is 2. The first-order valence-corrected chi connectivity index (χ1v) is 12.1. The van der Waals surface area contributed by atoms with Crippen LogP contribution in [0.15, 0.2) is 53.2 Å². The van der Waals surface area contributed by atoms with Crippen LogP contribution in [0.1, 0.15) is 30.5 Å². The van der Waals surface area contributed by atoms with Gasteiger partial charge in [0.15, 0.2) is 28.1 Å². The summed E-state index contributed by atoms with van der Waals surface area (Å²) >= 11 is 5.66. The molecule has 2 N–H and O–H groups in total. The van der Waals surface area contributed by atoms with Crippen LogP contribution in [0.3, 0.4) is 0 Å². The van der Waals surface area contributed by atoms with Crippen molar-refractivity contribution in [2.24, 2.45) is 0 Å². The number of hydrogen-bond acceptors (Lipinski definition) is 6. The minimum Gasteiger partial charge on any atom is -0.493 e. The Kier molecular flexibility index (Phi) is 7.83. The van der Waals surface area contributed by atoms with E-state index in [4.69, 9.17) is 31.2 Å². The minimum atomic E-state index is -0.154. The van der Waals surface area contributed by atoms with Crippen molar-refractivity contribution in [3.8, 4) is 23.0 Å². The molecule has 0 saturated heterocycles. The lowest BCUT2D eigenvalue weighted by Gasteiger charge is -2.40. The monoisotopic (exact) mass is 495 g/mol. The molecule has 0 radical (unpaired) electrons. The molecule has 0 fully saturated rings. The normalized spacial score (nSPS) is 19.1. The lowest BCUT2D eigenvalue weighted by molar-refractivity contribution is 0.299. The SMILES string of the molecule is CCCN1CC2=C(NC(=S)N[C@@H]2c2cccc(OC)c2OC)/C(=C/c2cccc(OC)c2OC)C1. The molecule has 1 atom stereocenters. The molecule has 0 bridgehead atoms. The van der Waals surface area contributed by atoms with Gasteiger partial charge in [0.1, 0.15) is 0 Å². The van der Waals surface area contributed by atoms with E-state index in [2.05, 4.69) is 34.6 Å². The van der Waals surface area contributed by atoms with Gasteiger partial charge in [0, 0.05) is 29.9 Å². The molecule has 7 nitrogen and oxygen atoms in total. The molecule has 2 heterocycles. The quantitative estimate of drug-likeness (QED) is 0.526. The van der Waals surface area contributed by atoms with E-state index in [1.807, 2.05) is 30.3 Å². The molecule has 0 saturated carbocycles. The minimum absolute atomic E-state index is 0.154. The zero-order valence-corrected chi connectivity index (χ0v) is 21.8. The Bertz CT molecular complexity index is 1160. The van der Waals surface area contributed by atoms with Gasteiger partial charge in [0.2, 0.25) is 0 Å². The third kappa shape index (κ3) is 4.94. The molecule has 186 valence electrons. The Morgan fingerprint density at radius 3 is 2.29 bits per heavy atom. The van der Waals surface area contributed by atoms with Crippen LogP contribution in [0.2, 0.25) is 0 Å². The first-order valence-electron chi connectivity index (χ1n) is 11.7. The maximum Gasteiger partial charge on any atom is 0.171 e. The first kappa shape index (κ1) is 24.9. The van der Waals surface area contributed by atoms with E-state index < -0.39 is 0 Å². The van der Waals surface area contributed by atoms with Crippen molar-refractivity contribution in [2.75, 3.05) is 48.1 Å². The lowest BCUT2D eigenvalue weighted by atomic mass is 9.88. The third-order valence-electron chi connectivity index (χ3n) is 6.34. The van der Waals surface area contributed by atoms with Crippen LogP contribution in [0.5, 0.6) is 23.0 Å². The number of nitrogens with one attached hydrogen (secondary N) is 2. The predicted octanol–water partition coefficient (Wildman–Crippen LogP) is 4.30. The van der Waals surface area contributed by atoms with Gasteiger partial charge in [-0.05, 0) is 54.5 Å². The zero-order chi connectivity index (χ0) is 24.9. The largest absolute Gasteiger partial charge is 0.493 e. The Balaban J connectivity index is 1.88. The molecular weight excluding hydrogens is 462 g/mol. The summed E-state index contributed by atoms with van der Waals surface area (Å²) in [5.41, 5.74) is 5.33. The van der Waals surface area contributed by atoms with Crippen molar-refractivity contribution in [2.45, 2.75) is 19.4 Å². The topological polar surface area (TPSA) is 64.2 Å². The second-order valence-electron chi connectivity index (χ2n) is 8.48. The highest BCUT2D eigenvalue weighted by Gasteiger charge is 2.35. The van der Waals surface area contributed by atoms with Crippen LogP contribution in [-0.4, -0.2) is 58.1 Å². The zero-order valence-electron chi connectivity index (χ0n) is 20.9. The summed E-state index contributed by atoms with van der Waals surface area (Å²) in [7, 11) is 6.63. The van der Waals surface area contributed by atoms with Crippen molar-refractivity contribution in [1.82, 2.24) is 15.5 Å². The van der Waals surface area contributed by atoms with Crippen molar-refractivity contribution >= 4 is 23.4 Å². The molecule has 35 heavy (non-hydrogen) atoms. The molecule has 2 aliphatic heterocycles. The van der Waals surface area contributed by atoms with E-state index in [1.54, 1.807) is 28.4 Å². The fourth-order valence-corrected chi connectivity index (χ4v) is 5.10. The molecule has 2 aromatic rings. The van der Waals surface area contributed by atoms with Gasteiger partial charge in [-0.15, -0.1) is 0 Å². The van der Waals surface area contributed by atoms with E-state index in [1.165, 1.54) is 5.57 Å². The Morgan fingerprint density at radius 1 is 0.943 bits per heavy atom. The fraction of sp³-hybridized carbons (Fsp3) is 0.370. The Hall–Kier alpha value is -3.23. The van der Waals surface area contributed by atoms with Crippen LogP contribution >= 0.6 is 12.2 Å². The molecule has 8 heteroatoms. The summed E-state index contributed by atoms with van der Waals surface area (Å²) in [6.07, 6.45) is 3.23. The standard InChI is InChI=1S/C27H33N3O4S/c1-6-13-30-15-18(14-17-9-7-11-21(31-2)25(17)33-4)23-20(16-30)24(29-27(35)28-23)19-10-8-12-22(32-3)26(19)34-5/h7-12,14,24H,6,13,15-16H2,1-5H3,(H2,28,29,35)/b18-14+/t24-/m1/s1. The molecule has 0 aromatic heterocycles. The highest BCUT2D eigenvalue weighted by atomic mass is 32.1. The molecule has 0 unspecified atom stereocenters. The smallest absolute Gasteiger partial charge is 0.171 e. The fourth-order valence-electron chi connectivity index (χ4n) is 4.88. The molecular formula is C27H33N3O4S. The Labute approximate surface area is 212 Å². The summed E-state index contributed by atoms with van der Waals surface area (Å²) in [5.74, 6) is 2.80. The van der Waals surface area contributed by atoms with Gasteiger partial charge < -0.3 is 29.6 Å². The van der Waals surface area contributed by atoms with Crippen molar-refractivity contribution in [3.05, 3.63) is 64.4 Å². The average molecular weight is 496 g/mol. The summed E-state index contributed by atoms with van der Waals surface area (Å²) in [6.45, 7) is 4.79. The van der Waals surface area contributed by atoms with Crippen molar-refractivity contribution in [1.29, 1.82) is 0 Å². The number of methoxy groups -OCH3 is 4. The lowest BCUT2D eigenvalue weighted by Crippen LogP contribution is -2.50. The number of para-hydroxylation sites is 2. The second kappa shape index (κ2) is 11.0. The maximum absolute atomic E-state index is 5.78.